The Morgan fingerprint density at radius 2 is 1.95 bits per heavy atom. The van der Waals surface area contributed by atoms with Crippen LogP contribution in [0.25, 0.3) is 0 Å². The number of rotatable bonds is 7. The first-order valence-electron chi connectivity index (χ1n) is 7.43. The Hall–Kier alpha value is -0.393. The van der Waals surface area contributed by atoms with E-state index in [0.29, 0.717) is 11.8 Å². The molecule has 19 heavy (non-hydrogen) atoms. The van der Waals surface area contributed by atoms with E-state index in [1.165, 1.54) is 12.5 Å². The smallest absolute Gasteiger partial charge is 0.362 e. The molecule has 0 aromatic carbocycles. The molecule has 0 aliphatic carbocycles. The Morgan fingerprint density at radius 3 is 2.42 bits per heavy atom. The zero-order valence-corrected chi connectivity index (χ0v) is 13.7. The minimum atomic E-state index is -1.06. The lowest BCUT2D eigenvalue weighted by Crippen LogP contribution is -2.65. The largest absolute Gasteiger partial charge is 0.477 e. The van der Waals surface area contributed by atoms with Gasteiger partial charge in [0.05, 0.1) is 0 Å². The number of hydrogen-bond donors (Lipinski definition) is 2. The highest BCUT2D eigenvalue weighted by molar-refractivity contribution is 6.76. The van der Waals surface area contributed by atoms with Crippen LogP contribution in [0.2, 0.25) is 25.7 Å². The third-order valence-corrected chi connectivity index (χ3v) is 5.92. The van der Waals surface area contributed by atoms with Crippen molar-refractivity contribution < 1.29 is 20.4 Å². The van der Waals surface area contributed by atoms with E-state index in [9.17, 15) is 4.79 Å². The third kappa shape index (κ3) is 6.54. The van der Waals surface area contributed by atoms with Crippen molar-refractivity contribution in [1.82, 2.24) is 0 Å². The lowest BCUT2D eigenvalue weighted by molar-refractivity contribution is -0.411. The van der Waals surface area contributed by atoms with Gasteiger partial charge in [0.2, 0.25) is 0 Å². The number of aliphatic carboxylic acids is 1. The molecule has 112 valence electrons. The maximum atomic E-state index is 11.0. The Morgan fingerprint density at radius 1 is 1.37 bits per heavy atom. The lowest BCUT2D eigenvalue weighted by atomic mass is 9.80. The van der Waals surface area contributed by atoms with Crippen LogP contribution in [0.1, 0.15) is 25.7 Å². The Bertz CT molecular complexity index is 285. The second-order valence-corrected chi connectivity index (χ2v) is 12.7. The highest BCUT2D eigenvalue weighted by Gasteiger charge is 2.30. The van der Waals surface area contributed by atoms with E-state index in [1.807, 2.05) is 0 Å². The minimum absolute atomic E-state index is 0.463. The van der Waals surface area contributed by atoms with E-state index in [-0.39, 0.29) is 0 Å². The van der Waals surface area contributed by atoms with Gasteiger partial charge in [0.25, 0.3) is 0 Å². The van der Waals surface area contributed by atoms with E-state index < -0.39 is 20.1 Å². The van der Waals surface area contributed by atoms with Gasteiger partial charge in [0.15, 0.2) is 6.04 Å². The van der Waals surface area contributed by atoms with Crippen LogP contribution in [0.3, 0.4) is 0 Å². The van der Waals surface area contributed by atoms with Crippen LogP contribution in [-0.2, 0) is 9.53 Å². The average Bonchev–Trinajstić information content (AvgIpc) is 2.34. The van der Waals surface area contributed by atoms with Crippen LogP contribution < -0.4 is 5.73 Å². The fourth-order valence-electron chi connectivity index (χ4n) is 2.82. The standard InChI is InChI=1S/C14H29NO3Si/c1-19(2,3)9-6-12(10-13(15)14(16)17)11-4-7-18-8-5-11/h11-13H,4-10,15H2,1-3H3,(H,16,17)/p+1. The van der Waals surface area contributed by atoms with Gasteiger partial charge in [0, 0.05) is 27.7 Å². The molecule has 0 aromatic rings. The van der Waals surface area contributed by atoms with Gasteiger partial charge < -0.3 is 15.6 Å². The Balaban J connectivity index is 2.58. The van der Waals surface area contributed by atoms with E-state index in [1.54, 1.807) is 0 Å². The zero-order valence-electron chi connectivity index (χ0n) is 12.7. The molecule has 1 aliphatic heterocycles. The number of carboxylic acids is 1. The Labute approximate surface area is 117 Å². The number of ether oxygens (including phenoxy) is 1. The topological polar surface area (TPSA) is 74.2 Å². The molecule has 2 atom stereocenters. The van der Waals surface area contributed by atoms with Crippen LogP contribution in [0, 0.1) is 11.8 Å². The quantitative estimate of drug-likeness (QED) is 0.702. The molecule has 1 saturated heterocycles. The van der Waals surface area contributed by atoms with E-state index in [4.69, 9.17) is 9.84 Å². The summed E-state index contributed by atoms with van der Waals surface area (Å²) in [5, 5.41) is 9.08. The number of carbonyl (C=O) groups is 1. The van der Waals surface area contributed by atoms with Gasteiger partial charge in [-0.3, -0.25) is 0 Å². The van der Waals surface area contributed by atoms with Crippen LogP contribution in [0.5, 0.6) is 0 Å². The average molecular weight is 288 g/mol. The first-order chi connectivity index (χ1) is 8.79. The zero-order chi connectivity index (χ0) is 14.5. The second kappa shape index (κ2) is 7.41. The fraction of sp³-hybridized carbons (Fsp3) is 0.929. The maximum absolute atomic E-state index is 11.0. The maximum Gasteiger partial charge on any atom is 0.362 e. The molecule has 0 amide bonds. The molecule has 1 aliphatic rings. The van der Waals surface area contributed by atoms with Gasteiger partial charge >= 0.3 is 5.97 Å². The van der Waals surface area contributed by atoms with Crippen molar-refractivity contribution in [3.05, 3.63) is 0 Å². The minimum Gasteiger partial charge on any atom is -0.477 e. The van der Waals surface area contributed by atoms with Gasteiger partial charge in [0.1, 0.15) is 0 Å². The number of quaternary nitrogens is 1. The van der Waals surface area contributed by atoms with Crippen molar-refractivity contribution >= 4 is 14.0 Å². The van der Waals surface area contributed by atoms with Crippen LogP contribution in [0.4, 0.5) is 0 Å². The first kappa shape index (κ1) is 16.7. The van der Waals surface area contributed by atoms with Gasteiger partial charge in [-0.05, 0) is 24.7 Å². The van der Waals surface area contributed by atoms with Gasteiger partial charge in [-0.25, -0.2) is 4.79 Å². The van der Waals surface area contributed by atoms with E-state index in [2.05, 4.69) is 25.4 Å². The summed E-state index contributed by atoms with van der Waals surface area (Å²) in [5.74, 6) is 0.382. The highest BCUT2D eigenvalue weighted by Crippen LogP contribution is 2.32. The molecule has 0 saturated carbocycles. The van der Waals surface area contributed by atoms with Crippen molar-refractivity contribution in [2.24, 2.45) is 11.8 Å². The van der Waals surface area contributed by atoms with Crippen molar-refractivity contribution in [3.63, 3.8) is 0 Å². The molecule has 1 rings (SSSR count). The summed E-state index contributed by atoms with van der Waals surface area (Å²) >= 11 is 0. The summed E-state index contributed by atoms with van der Waals surface area (Å²) in [7, 11) is -1.06. The van der Waals surface area contributed by atoms with Crippen molar-refractivity contribution in [1.29, 1.82) is 0 Å². The molecule has 5 heteroatoms. The summed E-state index contributed by atoms with van der Waals surface area (Å²) in [5.41, 5.74) is 3.80. The van der Waals surface area contributed by atoms with Crippen molar-refractivity contribution in [2.45, 2.75) is 57.4 Å². The molecular formula is C14H30NO3Si+. The van der Waals surface area contributed by atoms with Gasteiger partial charge in [-0.15, -0.1) is 0 Å². The summed E-state index contributed by atoms with van der Waals surface area (Å²) in [6.45, 7) is 8.82. The molecule has 0 bridgehead atoms. The molecular weight excluding hydrogens is 258 g/mol. The summed E-state index contributed by atoms with van der Waals surface area (Å²) in [6, 6.07) is 0.816. The molecule has 1 heterocycles. The molecule has 2 unspecified atom stereocenters. The summed E-state index contributed by atoms with van der Waals surface area (Å²) in [6.07, 6.45) is 4.07. The van der Waals surface area contributed by atoms with Crippen LogP contribution in [0.15, 0.2) is 0 Å². The summed E-state index contributed by atoms with van der Waals surface area (Å²) < 4.78 is 5.42. The first-order valence-corrected chi connectivity index (χ1v) is 11.1. The summed E-state index contributed by atoms with van der Waals surface area (Å²) in [4.78, 5) is 11.0. The van der Waals surface area contributed by atoms with E-state index in [0.717, 1.165) is 32.5 Å². The highest BCUT2D eigenvalue weighted by atomic mass is 28.3. The lowest BCUT2D eigenvalue weighted by Gasteiger charge is -2.32. The second-order valence-electron chi connectivity index (χ2n) is 7.08. The van der Waals surface area contributed by atoms with Crippen LogP contribution in [-0.4, -0.2) is 38.4 Å². The normalized spacial score (nSPS) is 21.1. The molecule has 0 radical (unpaired) electrons. The van der Waals surface area contributed by atoms with Crippen LogP contribution >= 0.6 is 0 Å². The monoisotopic (exact) mass is 288 g/mol. The third-order valence-electron chi connectivity index (χ3n) is 4.13. The number of carboxylic acid groups (broad SMARTS) is 1. The molecule has 4 nitrogen and oxygen atoms in total. The van der Waals surface area contributed by atoms with Gasteiger partial charge in [-0.2, -0.15) is 0 Å². The predicted molar refractivity (Wildman–Crippen MR) is 78.7 cm³/mol. The molecule has 0 spiro atoms. The predicted octanol–water partition coefficient (Wildman–Crippen LogP) is 1.84. The molecule has 1 fully saturated rings. The van der Waals surface area contributed by atoms with Crippen molar-refractivity contribution in [2.75, 3.05) is 13.2 Å². The fourth-order valence-corrected chi connectivity index (χ4v) is 4.05. The SMILES string of the molecule is C[Si](C)(C)CCC(CC([NH3+])C(=O)O)C1CCOCC1. The number of hydrogen-bond acceptors (Lipinski definition) is 2. The van der Waals surface area contributed by atoms with E-state index >= 15 is 0 Å². The molecule has 4 N–H and O–H groups in total. The van der Waals surface area contributed by atoms with Crippen molar-refractivity contribution in [3.8, 4) is 0 Å². The molecule has 0 aromatic heterocycles. The van der Waals surface area contributed by atoms with Gasteiger partial charge in [-0.1, -0.05) is 32.1 Å². The Kier molecular flexibility index (Phi) is 6.49.